The van der Waals surface area contributed by atoms with Crippen LogP contribution in [0.4, 0.5) is 0 Å². The van der Waals surface area contributed by atoms with Gasteiger partial charge in [0, 0.05) is 12.1 Å². The third kappa shape index (κ3) is 1.29. The molecule has 1 aliphatic heterocycles. The minimum absolute atomic E-state index is 0.0559. The van der Waals surface area contributed by atoms with E-state index in [2.05, 4.69) is 5.32 Å². The van der Waals surface area contributed by atoms with E-state index in [-0.39, 0.29) is 11.9 Å². The number of aliphatic hydroxyl groups is 1. The second-order valence-electron chi connectivity index (χ2n) is 4.57. The molecule has 86 valence electrons. The van der Waals surface area contributed by atoms with Crippen molar-refractivity contribution in [3.63, 3.8) is 0 Å². The molecule has 4 unspecified atom stereocenters. The van der Waals surface area contributed by atoms with Gasteiger partial charge in [-0.3, -0.25) is 4.79 Å². The van der Waals surface area contributed by atoms with Gasteiger partial charge >= 0.3 is 5.97 Å². The molecular weight excluding hydrogens is 206 g/mol. The Kier molecular flexibility index (Phi) is 2.07. The van der Waals surface area contributed by atoms with Gasteiger partial charge in [0.15, 0.2) is 0 Å². The molecule has 4 atom stereocenters. The van der Waals surface area contributed by atoms with Gasteiger partial charge in [-0.15, -0.1) is 0 Å². The fourth-order valence-corrected chi connectivity index (χ4v) is 2.96. The fraction of sp³-hybridized carbons (Fsp3) is 0.583. The van der Waals surface area contributed by atoms with Crippen molar-refractivity contribution in [2.75, 3.05) is 6.61 Å². The van der Waals surface area contributed by atoms with Crippen LogP contribution in [0.3, 0.4) is 0 Å². The normalized spacial score (nSPS) is 38.9. The molecule has 16 heavy (non-hydrogen) atoms. The molecule has 0 amide bonds. The largest absolute Gasteiger partial charge is 0.466 e. The van der Waals surface area contributed by atoms with Crippen LogP contribution in [-0.4, -0.2) is 23.9 Å². The zero-order valence-electron chi connectivity index (χ0n) is 9.14. The first-order valence-corrected chi connectivity index (χ1v) is 5.74. The van der Waals surface area contributed by atoms with Crippen molar-refractivity contribution in [1.29, 1.82) is 0 Å². The fourth-order valence-electron chi connectivity index (χ4n) is 2.96. The number of allylic oxidation sites excluding steroid dienone is 2. The van der Waals surface area contributed by atoms with E-state index in [1.54, 1.807) is 0 Å². The molecule has 3 rings (SSSR count). The molecule has 2 N–H and O–H groups in total. The van der Waals surface area contributed by atoms with Crippen molar-refractivity contribution < 1.29 is 14.6 Å². The molecule has 4 heteroatoms. The van der Waals surface area contributed by atoms with Crippen molar-refractivity contribution in [3.05, 3.63) is 23.4 Å². The molecular formula is C12H15NO3. The standard InChI is InChI=1S/C12H15NO3/c1-2-16-12(15)11-7-3-6-4-9(14)13-5-8(6)10(7)11/h4-5,7,9-11,13-14H,2-3H2,1H3. The summed E-state index contributed by atoms with van der Waals surface area (Å²) in [4.78, 5) is 11.6. The van der Waals surface area contributed by atoms with Gasteiger partial charge in [0.2, 0.25) is 0 Å². The van der Waals surface area contributed by atoms with Gasteiger partial charge in [-0.2, -0.15) is 0 Å². The quantitative estimate of drug-likeness (QED) is 0.668. The van der Waals surface area contributed by atoms with Crippen LogP contribution in [-0.2, 0) is 9.53 Å². The number of dihydropyridines is 1. The maximum atomic E-state index is 11.6. The van der Waals surface area contributed by atoms with Crippen LogP contribution in [0.2, 0.25) is 0 Å². The summed E-state index contributed by atoms with van der Waals surface area (Å²) in [7, 11) is 0. The van der Waals surface area contributed by atoms with Gasteiger partial charge in [-0.1, -0.05) is 0 Å². The smallest absolute Gasteiger partial charge is 0.309 e. The molecule has 0 saturated heterocycles. The van der Waals surface area contributed by atoms with Crippen molar-refractivity contribution in [2.45, 2.75) is 19.6 Å². The van der Waals surface area contributed by atoms with Crippen molar-refractivity contribution >= 4 is 5.97 Å². The summed E-state index contributed by atoms with van der Waals surface area (Å²) >= 11 is 0. The Hall–Kier alpha value is -1.29. The molecule has 0 radical (unpaired) electrons. The molecule has 0 aromatic rings. The number of carbonyl (C=O) groups is 1. The van der Waals surface area contributed by atoms with E-state index in [1.165, 1.54) is 11.1 Å². The maximum absolute atomic E-state index is 11.6. The van der Waals surface area contributed by atoms with E-state index in [0.717, 1.165) is 6.42 Å². The lowest BCUT2D eigenvalue weighted by molar-refractivity contribution is -0.145. The van der Waals surface area contributed by atoms with E-state index >= 15 is 0 Å². The Morgan fingerprint density at radius 2 is 2.50 bits per heavy atom. The topological polar surface area (TPSA) is 58.6 Å². The minimum Gasteiger partial charge on any atom is -0.466 e. The number of esters is 1. The highest BCUT2D eigenvalue weighted by atomic mass is 16.5. The Bertz CT molecular complexity index is 399. The molecule has 0 aromatic carbocycles. The van der Waals surface area contributed by atoms with Crippen LogP contribution in [0.25, 0.3) is 0 Å². The highest BCUT2D eigenvalue weighted by molar-refractivity contribution is 5.79. The lowest BCUT2D eigenvalue weighted by Crippen LogP contribution is -2.26. The molecule has 4 nitrogen and oxygen atoms in total. The van der Waals surface area contributed by atoms with Gasteiger partial charge in [-0.25, -0.2) is 0 Å². The highest BCUT2D eigenvalue weighted by Gasteiger charge is 2.62. The zero-order chi connectivity index (χ0) is 11.3. The van der Waals surface area contributed by atoms with Crippen LogP contribution in [0.5, 0.6) is 0 Å². The van der Waals surface area contributed by atoms with Gasteiger partial charge in [0.1, 0.15) is 6.23 Å². The Balaban J connectivity index is 1.74. The van der Waals surface area contributed by atoms with Crippen LogP contribution >= 0.6 is 0 Å². The summed E-state index contributed by atoms with van der Waals surface area (Å²) in [5.41, 5.74) is 2.38. The number of carbonyl (C=O) groups excluding carboxylic acids is 1. The first-order chi connectivity index (χ1) is 7.72. The SMILES string of the molecule is CCOC(=O)C1C2CC3=CC(O)NC=C3C21. The van der Waals surface area contributed by atoms with Crippen LogP contribution in [0.1, 0.15) is 13.3 Å². The summed E-state index contributed by atoms with van der Waals surface area (Å²) in [6, 6.07) is 0. The maximum Gasteiger partial charge on any atom is 0.309 e. The summed E-state index contributed by atoms with van der Waals surface area (Å²) in [5, 5.41) is 12.3. The number of aliphatic hydroxyl groups excluding tert-OH is 1. The average molecular weight is 221 g/mol. The lowest BCUT2D eigenvalue weighted by Gasteiger charge is -2.18. The van der Waals surface area contributed by atoms with Gasteiger partial charge in [-0.05, 0) is 36.5 Å². The Labute approximate surface area is 94.0 Å². The number of ether oxygens (including phenoxy) is 1. The van der Waals surface area contributed by atoms with Gasteiger partial charge in [0.25, 0.3) is 0 Å². The first kappa shape index (κ1) is 9.90. The first-order valence-electron chi connectivity index (χ1n) is 5.74. The van der Waals surface area contributed by atoms with Gasteiger partial charge < -0.3 is 15.2 Å². The highest BCUT2D eigenvalue weighted by Crippen LogP contribution is 2.63. The predicted molar refractivity (Wildman–Crippen MR) is 57.0 cm³/mol. The monoisotopic (exact) mass is 221 g/mol. The van der Waals surface area contributed by atoms with E-state index in [9.17, 15) is 9.90 Å². The van der Waals surface area contributed by atoms with Crippen LogP contribution in [0, 0.1) is 17.8 Å². The summed E-state index contributed by atoms with van der Waals surface area (Å²) in [5.74, 6) is 0.720. The molecule has 2 fully saturated rings. The summed E-state index contributed by atoms with van der Waals surface area (Å²) < 4.78 is 5.05. The van der Waals surface area contributed by atoms with Crippen molar-refractivity contribution in [1.82, 2.24) is 5.32 Å². The second-order valence-corrected chi connectivity index (χ2v) is 4.57. The average Bonchev–Trinajstić information content (AvgIpc) is 2.82. The molecule has 2 aliphatic carbocycles. The molecule has 2 saturated carbocycles. The van der Waals surface area contributed by atoms with Crippen LogP contribution in [0.15, 0.2) is 23.4 Å². The number of rotatable bonds is 2. The molecule has 0 bridgehead atoms. The third-order valence-corrected chi connectivity index (χ3v) is 3.68. The summed E-state index contributed by atoms with van der Waals surface area (Å²) in [6.45, 7) is 2.28. The van der Waals surface area contributed by atoms with Crippen LogP contribution < -0.4 is 5.32 Å². The molecule has 0 aromatic heterocycles. The second kappa shape index (κ2) is 3.35. The molecule has 1 heterocycles. The van der Waals surface area contributed by atoms with Crippen molar-refractivity contribution in [3.8, 4) is 0 Å². The van der Waals surface area contributed by atoms with Crippen molar-refractivity contribution in [2.24, 2.45) is 17.8 Å². The Morgan fingerprint density at radius 3 is 3.25 bits per heavy atom. The summed E-state index contributed by atoms with van der Waals surface area (Å²) in [6.07, 6.45) is 4.02. The number of hydrogen-bond acceptors (Lipinski definition) is 4. The third-order valence-electron chi connectivity index (χ3n) is 3.68. The van der Waals surface area contributed by atoms with Gasteiger partial charge in [0.05, 0.1) is 12.5 Å². The zero-order valence-corrected chi connectivity index (χ0v) is 9.14. The van der Waals surface area contributed by atoms with E-state index in [0.29, 0.717) is 18.4 Å². The minimum atomic E-state index is -0.572. The Morgan fingerprint density at radius 1 is 1.69 bits per heavy atom. The number of hydrogen-bond donors (Lipinski definition) is 2. The van der Waals surface area contributed by atoms with E-state index in [1.807, 2.05) is 19.2 Å². The van der Waals surface area contributed by atoms with E-state index in [4.69, 9.17) is 4.74 Å². The molecule has 3 aliphatic rings. The lowest BCUT2D eigenvalue weighted by atomic mass is 9.99. The molecule has 0 spiro atoms. The number of fused-ring (bicyclic) bond motifs is 3. The van der Waals surface area contributed by atoms with E-state index < -0.39 is 6.23 Å². The number of nitrogens with one attached hydrogen (secondary N) is 1. The predicted octanol–water partition coefficient (Wildman–Crippen LogP) is 0.547.